The fourth-order valence-corrected chi connectivity index (χ4v) is 1.99. The van der Waals surface area contributed by atoms with E-state index in [1.807, 2.05) is 6.07 Å². The minimum absolute atomic E-state index is 0.222. The number of carbonyl (C=O) groups is 1. The number of benzene rings is 2. The first-order chi connectivity index (χ1) is 9.54. The zero-order chi connectivity index (χ0) is 14.5. The highest BCUT2D eigenvalue weighted by Gasteiger charge is 2.06. The van der Waals surface area contributed by atoms with Gasteiger partial charge >= 0.3 is 5.97 Å². The van der Waals surface area contributed by atoms with Gasteiger partial charge in [-0.05, 0) is 35.9 Å². The lowest BCUT2D eigenvalue weighted by atomic mass is 10.2. The van der Waals surface area contributed by atoms with E-state index in [2.05, 4.69) is 0 Å². The topological polar surface area (TPSA) is 26.3 Å². The van der Waals surface area contributed by atoms with E-state index in [0.29, 0.717) is 15.1 Å². The molecule has 0 heterocycles. The first-order valence-corrected chi connectivity index (χ1v) is 6.78. The molecule has 0 aliphatic heterocycles. The normalized spacial score (nSPS) is 10.8. The number of halogens is 3. The molecule has 2 aromatic carbocycles. The summed E-state index contributed by atoms with van der Waals surface area (Å²) in [7, 11) is 0. The smallest absolute Gasteiger partial charge is 0.336 e. The predicted molar refractivity (Wildman–Crippen MR) is 82.6 cm³/mol. The van der Waals surface area contributed by atoms with Gasteiger partial charge in [-0.2, -0.15) is 0 Å². The summed E-state index contributed by atoms with van der Waals surface area (Å²) in [6.45, 7) is 0. The van der Waals surface area contributed by atoms with E-state index in [9.17, 15) is 4.79 Å². The maximum Gasteiger partial charge on any atom is 0.336 e. The summed E-state index contributed by atoms with van der Waals surface area (Å²) in [4.78, 5) is 11.7. The summed E-state index contributed by atoms with van der Waals surface area (Å²) >= 11 is 17.6. The summed E-state index contributed by atoms with van der Waals surface area (Å²) in [6.07, 6.45) is 2.90. The number of hydrogen-bond acceptors (Lipinski definition) is 2. The molecule has 0 unspecified atom stereocenters. The Morgan fingerprint density at radius 2 is 1.75 bits per heavy atom. The van der Waals surface area contributed by atoms with Gasteiger partial charge in [0.15, 0.2) is 5.75 Å². The Hall–Kier alpha value is -1.48. The van der Waals surface area contributed by atoms with Crippen LogP contribution in [0.3, 0.4) is 0 Å². The fraction of sp³-hybridized carbons (Fsp3) is 0. The second kappa shape index (κ2) is 6.80. The van der Waals surface area contributed by atoms with Crippen LogP contribution < -0.4 is 4.74 Å². The van der Waals surface area contributed by atoms with Gasteiger partial charge in [0.05, 0.1) is 5.02 Å². The van der Waals surface area contributed by atoms with Gasteiger partial charge in [0.25, 0.3) is 0 Å². The zero-order valence-corrected chi connectivity index (χ0v) is 12.4. The molecule has 0 saturated heterocycles. The van der Waals surface area contributed by atoms with Crippen molar-refractivity contribution in [2.75, 3.05) is 0 Å². The van der Waals surface area contributed by atoms with E-state index < -0.39 is 5.97 Å². The van der Waals surface area contributed by atoms with E-state index in [1.165, 1.54) is 12.1 Å². The molecule has 0 aliphatic carbocycles. The van der Waals surface area contributed by atoms with Crippen molar-refractivity contribution in [1.82, 2.24) is 0 Å². The highest BCUT2D eigenvalue weighted by Crippen LogP contribution is 2.27. The molecule has 2 nitrogen and oxygen atoms in total. The summed E-state index contributed by atoms with van der Waals surface area (Å²) in [5, 5.41) is 1.35. The molecular weight excluding hydrogens is 319 g/mol. The lowest BCUT2D eigenvalue weighted by Crippen LogP contribution is -2.04. The van der Waals surface area contributed by atoms with Crippen molar-refractivity contribution >= 4 is 46.8 Å². The molecule has 0 saturated carbocycles. The molecule has 5 heteroatoms. The van der Waals surface area contributed by atoms with Crippen molar-refractivity contribution in [2.45, 2.75) is 0 Å². The van der Waals surface area contributed by atoms with Crippen LogP contribution in [0, 0.1) is 0 Å². The largest absolute Gasteiger partial charge is 0.422 e. The molecule has 0 aromatic heterocycles. The van der Waals surface area contributed by atoms with E-state index in [4.69, 9.17) is 39.5 Å². The van der Waals surface area contributed by atoms with Gasteiger partial charge < -0.3 is 4.74 Å². The van der Waals surface area contributed by atoms with Crippen LogP contribution in [0.25, 0.3) is 6.08 Å². The Morgan fingerprint density at radius 1 is 1.00 bits per heavy atom. The second-order valence-electron chi connectivity index (χ2n) is 3.88. The average molecular weight is 328 g/mol. The molecule has 0 atom stereocenters. The first-order valence-electron chi connectivity index (χ1n) is 5.65. The summed E-state index contributed by atoms with van der Waals surface area (Å²) in [5.74, 6) is -0.325. The van der Waals surface area contributed by atoms with Crippen LogP contribution in [0.5, 0.6) is 5.75 Å². The molecule has 2 aromatic rings. The lowest BCUT2D eigenvalue weighted by Gasteiger charge is -2.04. The molecule has 102 valence electrons. The maximum absolute atomic E-state index is 11.7. The van der Waals surface area contributed by atoms with Crippen LogP contribution in [0.4, 0.5) is 0 Å². The number of hydrogen-bond donors (Lipinski definition) is 0. The van der Waals surface area contributed by atoms with Gasteiger partial charge in [-0.3, -0.25) is 0 Å². The number of rotatable bonds is 3. The lowest BCUT2D eigenvalue weighted by molar-refractivity contribution is -0.128. The standard InChI is InChI=1S/C15H9Cl3O2/c16-11-3-1-2-10(8-11)4-7-15(19)20-14-9-12(17)5-6-13(14)18/h1-9H/b7-4+. The van der Waals surface area contributed by atoms with Crippen LogP contribution in [0.15, 0.2) is 48.5 Å². The van der Waals surface area contributed by atoms with Crippen LogP contribution >= 0.6 is 34.8 Å². The summed E-state index contributed by atoms with van der Waals surface area (Å²) < 4.78 is 5.10. The number of esters is 1. The van der Waals surface area contributed by atoms with Gasteiger partial charge in [-0.1, -0.05) is 46.9 Å². The van der Waals surface area contributed by atoms with Crippen molar-refractivity contribution < 1.29 is 9.53 Å². The Balaban J connectivity index is 2.07. The summed E-state index contributed by atoms with van der Waals surface area (Å²) in [5.41, 5.74) is 0.798. The molecule has 0 spiro atoms. The van der Waals surface area contributed by atoms with E-state index in [0.717, 1.165) is 5.56 Å². The Labute approximate surface area is 131 Å². The van der Waals surface area contributed by atoms with Crippen molar-refractivity contribution in [2.24, 2.45) is 0 Å². The van der Waals surface area contributed by atoms with E-state index in [-0.39, 0.29) is 5.75 Å². The molecule has 2 rings (SSSR count). The van der Waals surface area contributed by atoms with Crippen LogP contribution in [-0.4, -0.2) is 5.97 Å². The monoisotopic (exact) mass is 326 g/mol. The SMILES string of the molecule is O=C(/C=C/c1cccc(Cl)c1)Oc1cc(Cl)ccc1Cl. The number of carbonyl (C=O) groups excluding carboxylic acids is 1. The van der Waals surface area contributed by atoms with Crippen LogP contribution in [-0.2, 0) is 4.79 Å². The highest BCUT2D eigenvalue weighted by molar-refractivity contribution is 6.34. The highest BCUT2D eigenvalue weighted by atomic mass is 35.5. The molecule has 20 heavy (non-hydrogen) atoms. The molecule has 0 amide bonds. The number of ether oxygens (including phenoxy) is 1. The van der Waals surface area contributed by atoms with Gasteiger partial charge in [0, 0.05) is 22.2 Å². The molecule has 0 N–H and O–H groups in total. The Morgan fingerprint density at radius 3 is 2.50 bits per heavy atom. The Bertz CT molecular complexity index is 666. The van der Waals surface area contributed by atoms with Gasteiger partial charge in [-0.15, -0.1) is 0 Å². The van der Waals surface area contributed by atoms with Crippen molar-refractivity contribution in [3.8, 4) is 5.75 Å². The zero-order valence-electron chi connectivity index (χ0n) is 10.1. The molecule has 0 bridgehead atoms. The first kappa shape index (κ1) is 14.9. The fourth-order valence-electron chi connectivity index (χ4n) is 1.47. The minimum Gasteiger partial charge on any atom is -0.422 e. The molecule has 0 fully saturated rings. The van der Waals surface area contributed by atoms with Crippen LogP contribution in [0.1, 0.15) is 5.56 Å². The van der Waals surface area contributed by atoms with E-state index in [1.54, 1.807) is 36.4 Å². The molecular formula is C15H9Cl3O2. The van der Waals surface area contributed by atoms with Gasteiger partial charge in [-0.25, -0.2) is 4.79 Å². The van der Waals surface area contributed by atoms with Gasteiger partial charge in [0.1, 0.15) is 0 Å². The van der Waals surface area contributed by atoms with Gasteiger partial charge in [0.2, 0.25) is 0 Å². The quantitative estimate of drug-likeness (QED) is 0.436. The summed E-state index contributed by atoms with van der Waals surface area (Å²) in [6, 6.07) is 11.8. The molecule has 0 aliphatic rings. The molecule has 0 radical (unpaired) electrons. The third-order valence-corrected chi connectivity index (χ3v) is 3.15. The Kier molecular flexibility index (Phi) is 5.07. The minimum atomic E-state index is -0.547. The maximum atomic E-state index is 11.7. The third-order valence-electron chi connectivity index (χ3n) is 2.36. The van der Waals surface area contributed by atoms with Crippen molar-refractivity contribution in [3.63, 3.8) is 0 Å². The average Bonchev–Trinajstić information content (AvgIpc) is 2.41. The van der Waals surface area contributed by atoms with Crippen molar-refractivity contribution in [3.05, 3.63) is 69.2 Å². The second-order valence-corrected chi connectivity index (χ2v) is 5.16. The predicted octanol–water partition coefficient (Wildman–Crippen LogP) is 5.27. The van der Waals surface area contributed by atoms with E-state index >= 15 is 0 Å². The van der Waals surface area contributed by atoms with Crippen molar-refractivity contribution in [1.29, 1.82) is 0 Å². The van der Waals surface area contributed by atoms with Crippen LogP contribution in [0.2, 0.25) is 15.1 Å². The third kappa shape index (κ3) is 4.27.